The fraction of sp³-hybridized carbons (Fsp3) is 0.417. The maximum Gasteiger partial charge on any atom is 0.407 e. The first-order valence-electron chi connectivity index (χ1n) is 10.3. The second kappa shape index (κ2) is 6.32. The van der Waals surface area contributed by atoms with Gasteiger partial charge in [0.1, 0.15) is 12.0 Å². The molecule has 6 heteroatoms. The van der Waals surface area contributed by atoms with Crippen LogP contribution in [0.3, 0.4) is 0 Å². The molecule has 156 valence electrons. The molecule has 2 aliphatic carbocycles. The highest BCUT2D eigenvalue weighted by Gasteiger charge is 2.75. The number of ether oxygens (including phenoxy) is 2. The summed E-state index contributed by atoms with van der Waals surface area (Å²) in [6.07, 6.45) is 0.310. The van der Waals surface area contributed by atoms with Crippen molar-refractivity contribution in [3.63, 3.8) is 0 Å². The third-order valence-corrected chi connectivity index (χ3v) is 7.18. The Labute approximate surface area is 175 Å². The Morgan fingerprint density at radius 3 is 2.17 bits per heavy atom. The van der Waals surface area contributed by atoms with Crippen molar-refractivity contribution in [2.24, 2.45) is 5.41 Å². The average Bonchev–Trinajstić information content (AvgIpc) is 3.22. The molecule has 2 aromatic rings. The fourth-order valence-corrected chi connectivity index (χ4v) is 5.64. The zero-order valence-corrected chi connectivity index (χ0v) is 17.1. The van der Waals surface area contributed by atoms with Crippen LogP contribution >= 0.6 is 0 Å². The lowest BCUT2D eigenvalue weighted by Gasteiger charge is -2.43. The molecule has 2 bridgehead atoms. The molecule has 4 aliphatic rings. The number of carbonyl (C=O) groups excluding carboxylic acids is 1. The van der Waals surface area contributed by atoms with Crippen LogP contribution in [0.25, 0.3) is 11.1 Å². The standard InChI is InChI=1S/C24H25NO5/c1-22(2)24(20(26)27)12-23(13-24,30-22)14-25-21(28)29-11-19-17-9-5-3-7-15(17)16-8-4-6-10-18(16)19/h3-10,19H,11-14H2,1-2H3,(H,25,28)(H,26,27). The van der Waals surface area contributed by atoms with Crippen LogP contribution in [0.15, 0.2) is 48.5 Å². The van der Waals surface area contributed by atoms with Gasteiger partial charge in [-0.2, -0.15) is 0 Å². The van der Waals surface area contributed by atoms with Crippen molar-refractivity contribution in [2.45, 2.75) is 43.8 Å². The SMILES string of the molecule is CC1(C)OC2(CNC(=O)OCC3c4ccccc4-c4ccccc43)CC1(C(=O)O)C2. The molecule has 2 heterocycles. The largest absolute Gasteiger partial charge is 0.481 e. The van der Waals surface area contributed by atoms with E-state index in [-0.39, 0.29) is 19.1 Å². The van der Waals surface area contributed by atoms with Crippen LogP contribution in [-0.2, 0) is 14.3 Å². The number of hydrogen-bond donors (Lipinski definition) is 2. The van der Waals surface area contributed by atoms with Crippen molar-refractivity contribution in [3.05, 3.63) is 59.7 Å². The highest BCUT2D eigenvalue weighted by Crippen LogP contribution is 2.66. The molecule has 0 atom stereocenters. The summed E-state index contributed by atoms with van der Waals surface area (Å²) in [4.78, 5) is 24.1. The van der Waals surface area contributed by atoms with Crippen LogP contribution < -0.4 is 5.32 Å². The predicted octanol–water partition coefficient (Wildman–Crippen LogP) is 3.94. The number of carboxylic acids is 1. The van der Waals surface area contributed by atoms with Crippen molar-refractivity contribution in [1.29, 1.82) is 0 Å². The fourth-order valence-electron chi connectivity index (χ4n) is 5.64. The second-order valence-corrected chi connectivity index (χ2v) is 9.22. The molecule has 0 spiro atoms. The Bertz CT molecular complexity index is 992. The summed E-state index contributed by atoms with van der Waals surface area (Å²) in [6.45, 7) is 4.12. The predicted molar refractivity (Wildman–Crippen MR) is 110 cm³/mol. The van der Waals surface area contributed by atoms with E-state index in [4.69, 9.17) is 9.47 Å². The number of alkyl carbamates (subject to hydrolysis) is 1. The van der Waals surface area contributed by atoms with Crippen LogP contribution in [0.1, 0.15) is 43.7 Å². The molecule has 1 saturated carbocycles. The van der Waals surface area contributed by atoms with Gasteiger partial charge in [0.25, 0.3) is 0 Å². The van der Waals surface area contributed by atoms with E-state index in [0.29, 0.717) is 12.8 Å². The zero-order valence-electron chi connectivity index (χ0n) is 17.1. The van der Waals surface area contributed by atoms with Crippen LogP contribution in [0.4, 0.5) is 4.79 Å². The minimum Gasteiger partial charge on any atom is -0.481 e. The highest BCUT2D eigenvalue weighted by molar-refractivity contribution is 5.80. The Hall–Kier alpha value is -2.86. The number of carbonyl (C=O) groups is 2. The number of amides is 1. The summed E-state index contributed by atoms with van der Waals surface area (Å²) in [5, 5.41) is 12.4. The number of hydrogen-bond acceptors (Lipinski definition) is 4. The molecule has 3 fully saturated rings. The van der Waals surface area contributed by atoms with Gasteiger partial charge in [-0.25, -0.2) is 4.79 Å². The van der Waals surface area contributed by atoms with Gasteiger partial charge in [0, 0.05) is 5.92 Å². The Morgan fingerprint density at radius 1 is 1.07 bits per heavy atom. The molecule has 0 aromatic heterocycles. The normalized spacial score (nSPS) is 27.7. The monoisotopic (exact) mass is 407 g/mol. The van der Waals surface area contributed by atoms with Gasteiger partial charge in [-0.3, -0.25) is 4.79 Å². The van der Waals surface area contributed by atoms with Gasteiger partial charge >= 0.3 is 12.1 Å². The lowest BCUT2D eigenvalue weighted by Crippen LogP contribution is -2.56. The zero-order chi connectivity index (χ0) is 21.1. The molecule has 6 rings (SSSR count). The van der Waals surface area contributed by atoms with Crippen LogP contribution in [-0.4, -0.2) is 41.5 Å². The summed E-state index contributed by atoms with van der Waals surface area (Å²) >= 11 is 0. The first-order valence-corrected chi connectivity index (χ1v) is 10.3. The lowest BCUT2D eigenvalue weighted by atomic mass is 9.56. The van der Waals surface area contributed by atoms with E-state index in [0.717, 1.165) is 11.1 Å². The molecule has 2 N–H and O–H groups in total. The van der Waals surface area contributed by atoms with E-state index in [9.17, 15) is 14.7 Å². The highest BCUT2D eigenvalue weighted by atomic mass is 16.6. The van der Waals surface area contributed by atoms with Gasteiger partial charge in [0.05, 0.1) is 17.7 Å². The van der Waals surface area contributed by atoms with E-state index in [1.807, 2.05) is 38.1 Å². The quantitative estimate of drug-likeness (QED) is 0.784. The molecule has 30 heavy (non-hydrogen) atoms. The van der Waals surface area contributed by atoms with Crippen molar-refractivity contribution in [3.8, 4) is 11.1 Å². The van der Waals surface area contributed by atoms with Gasteiger partial charge in [0.2, 0.25) is 0 Å². The second-order valence-electron chi connectivity index (χ2n) is 9.22. The van der Waals surface area contributed by atoms with E-state index in [2.05, 4.69) is 29.6 Å². The number of aliphatic carboxylic acids is 1. The van der Waals surface area contributed by atoms with E-state index >= 15 is 0 Å². The van der Waals surface area contributed by atoms with E-state index in [1.165, 1.54) is 11.1 Å². The van der Waals surface area contributed by atoms with Gasteiger partial charge < -0.3 is 19.9 Å². The number of benzene rings is 2. The van der Waals surface area contributed by atoms with Gasteiger partial charge in [-0.1, -0.05) is 48.5 Å². The maximum absolute atomic E-state index is 12.4. The lowest BCUT2D eigenvalue weighted by molar-refractivity contribution is -0.157. The molecular weight excluding hydrogens is 382 g/mol. The van der Waals surface area contributed by atoms with E-state index < -0.39 is 28.7 Å². The minimum absolute atomic E-state index is 0.00587. The third-order valence-electron chi connectivity index (χ3n) is 7.18. The summed E-state index contributed by atoms with van der Waals surface area (Å²) in [5.41, 5.74) is 2.46. The Balaban J connectivity index is 1.22. The molecular formula is C24H25NO5. The number of fused-ring (bicyclic) bond motifs is 4. The first kappa shape index (κ1) is 19.1. The van der Waals surface area contributed by atoms with Gasteiger partial charge in [0.15, 0.2) is 0 Å². The minimum atomic E-state index is -0.865. The first-order chi connectivity index (χ1) is 14.3. The molecule has 2 aromatic carbocycles. The Morgan fingerprint density at radius 2 is 1.63 bits per heavy atom. The summed E-state index contributed by atoms with van der Waals surface area (Å²) < 4.78 is 11.6. The van der Waals surface area contributed by atoms with Crippen LogP contribution in [0.2, 0.25) is 0 Å². The smallest absolute Gasteiger partial charge is 0.407 e. The summed E-state index contributed by atoms with van der Waals surface area (Å²) in [5.74, 6) is -0.826. The number of rotatable bonds is 5. The van der Waals surface area contributed by atoms with Crippen LogP contribution in [0.5, 0.6) is 0 Å². The molecule has 6 nitrogen and oxygen atoms in total. The summed E-state index contributed by atoms with van der Waals surface area (Å²) in [6, 6.07) is 16.4. The van der Waals surface area contributed by atoms with Gasteiger partial charge in [-0.15, -0.1) is 0 Å². The molecule has 1 amide bonds. The van der Waals surface area contributed by atoms with Crippen molar-refractivity contribution in [2.75, 3.05) is 13.2 Å². The van der Waals surface area contributed by atoms with Crippen molar-refractivity contribution >= 4 is 12.1 Å². The van der Waals surface area contributed by atoms with E-state index in [1.54, 1.807) is 0 Å². The van der Waals surface area contributed by atoms with Crippen molar-refractivity contribution < 1.29 is 24.2 Å². The Kier molecular flexibility index (Phi) is 4.03. The third kappa shape index (κ3) is 2.59. The topological polar surface area (TPSA) is 84.9 Å². The molecule has 0 radical (unpaired) electrons. The summed E-state index contributed by atoms with van der Waals surface area (Å²) in [7, 11) is 0. The van der Waals surface area contributed by atoms with Crippen LogP contribution in [0, 0.1) is 5.41 Å². The van der Waals surface area contributed by atoms with Crippen molar-refractivity contribution in [1.82, 2.24) is 5.32 Å². The van der Waals surface area contributed by atoms with Gasteiger partial charge in [-0.05, 0) is 48.9 Å². The number of nitrogens with one attached hydrogen (secondary N) is 1. The molecule has 2 saturated heterocycles. The number of carboxylic acid groups (broad SMARTS) is 1. The molecule has 2 aliphatic heterocycles. The average molecular weight is 407 g/mol. The maximum atomic E-state index is 12.4. The molecule has 0 unspecified atom stereocenters.